The van der Waals surface area contributed by atoms with Gasteiger partial charge in [0.05, 0.1) is 0 Å². The number of nitrogens with one attached hydrogen (secondary N) is 1. The molecule has 0 radical (unpaired) electrons. The SMILES string of the molecule is CC(C)CN(CC(C)C)C(=O)NC(=O)CCCl. The Morgan fingerprint density at radius 1 is 1.12 bits per heavy atom. The molecule has 3 amide bonds. The summed E-state index contributed by atoms with van der Waals surface area (Å²) < 4.78 is 0. The summed E-state index contributed by atoms with van der Waals surface area (Å²) >= 11 is 5.44. The van der Waals surface area contributed by atoms with Crippen LogP contribution < -0.4 is 5.32 Å². The van der Waals surface area contributed by atoms with Gasteiger partial charge in [0.15, 0.2) is 0 Å². The van der Waals surface area contributed by atoms with Gasteiger partial charge in [-0.25, -0.2) is 4.79 Å². The van der Waals surface area contributed by atoms with Gasteiger partial charge in [-0.1, -0.05) is 27.7 Å². The molecule has 0 aliphatic carbocycles. The molecule has 0 heterocycles. The smallest absolute Gasteiger partial charge is 0.324 e. The third-order valence-corrected chi connectivity index (χ3v) is 2.22. The van der Waals surface area contributed by atoms with Crippen molar-refractivity contribution in [2.75, 3.05) is 19.0 Å². The molecule has 0 aromatic heterocycles. The van der Waals surface area contributed by atoms with Crippen molar-refractivity contribution in [3.63, 3.8) is 0 Å². The number of alkyl halides is 1. The number of rotatable bonds is 6. The lowest BCUT2D eigenvalue weighted by atomic mass is 10.1. The Bertz CT molecular complexity index is 245. The molecule has 0 aliphatic rings. The average Bonchev–Trinajstić information content (AvgIpc) is 2.15. The van der Waals surface area contributed by atoms with Gasteiger partial charge in [-0.2, -0.15) is 0 Å². The number of nitrogens with zero attached hydrogens (tertiary/aromatic N) is 1. The van der Waals surface area contributed by atoms with Crippen molar-refractivity contribution in [3.05, 3.63) is 0 Å². The van der Waals surface area contributed by atoms with Crippen molar-refractivity contribution in [2.24, 2.45) is 11.8 Å². The molecule has 5 heteroatoms. The lowest BCUT2D eigenvalue weighted by Gasteiger charge is -2.26. The number of urea groups is 1. The summed E-state index contributed by atoms with van der Waals surface area (Å²) in [6.45, 7) is 9.47. The van der Waals surface area contributed by atoms with Crippen molar-refractivity contribution in [2.45, 2.75) is 34.1 Å². The van der Waals surface area contributed by atoms with E-state index in [1.165, 1.54) is 0 Å². The second kappa shape index (κ2) is 8.34. The van der Waals surface area contributed by atoms with Crippen LogP contribution in [0, 0.1) is 11.8 Å². The second-order valence-electron chi connectivity index (χ2n) is 4.98. The summed E-state index contributed by atoms with van der Waals surface area (Å²) in [6, 6.07) is -0.317. The fraction of sp³-hybridized carbons (Fsp3) is 0.833. The van der Waals surface area contributed by atoms with E-state index in [9.17, 15) is 9.59 Å². The van der Waals surface area contributed by atoms with E-state index < -0.39 is 0 Å². The van der Waals surface area contributed by atoms with E-state index in [1.807, 2.05) is 27.7 Å². The maximum atomic E-state index is 11.9. The molecule has 0 saturated carbocycles. The van der Waals surface area contributed by atoms with E-state index in [0.717, 1.165) is 0 Å². The molecule has 0 fully saturated rings. The van der Waals surface area contributed by atoms with E-state index >= 15 is 0 Å². The molecule has 0 aromatic rings. The first-order valence-corrected chi connectivity index (χ1v) is 6.55. The van der Waals surface area contributed by atoms with Crippen LogP contribution in [-0.2, 0) is 4.79 Å². The lowest BCUT2D eigenvalue weighted by molar-refractivity contribution is -0.119. The predicted octanol–water partition coefficient (Wildman–Crippen LogP) is 2.47. The zero-order valence-corrected chi connectivity index (χ0v) is 11.9. The van der Waals surface area contributed by atoms with Gasteiger partial charge in [0.1, 0.15) is 0 Å². The summed E-state index contributed by atoms with van der Waals surface area (Å²) in [5.41, 5.74) is 0. The van der Waals surface area contributed by atoms with E-state index in [2.05, 4.69) is 5.32 Å². The van der Waals surface area contributed by atoms with Gasteiger partial charge in [0, 0.05) is 25.4 Å². The van der Waals surface area contributed by atoms with Crippen molar-refractivity contribution >= 4 is 23.5 Å². The van der Waals surface area contributed by atoms with Crippen molar-refractivity contribution in [3.8, 4) is 0 Å². The molecule has 0 bridgehead atoms. The molecule has 0 spiro atoms. The fourth-order valence-corrected chi connectivity index (χ4v) is 1.64. The Morgan fingerprint density at radius 2 is 1.59 bits per heavy atom. The molecule has 0 aliphatic heterocycles. The molecule has 0 saturated heterocycles. The van der Waals surface area contributed by atoms with Crippen molar-refractivity contribution < 1.29 is 9.59 Å². The summed E-state index contributed by atoms with van der Waals surface area (Å²) in [5.74, 6) is 0.667. The predicted molar refractivity (Wildman–Crippen MR) is 70.1 cm³/mol. The standard InChI is InChI=1S/C12H23ClN2O2/c1-9(2)7-15(8-10(3)4)12(17)14-11(16)5-6-13/h9-10H,5-8H2,1-4H3,(H,14,16,17). The number of halogens is 1. The van der Waals surface area contributed by atoms with Crippen LogP contribution in [0.2, 0.25) is 0 Å². The summed E-state index contributed by atoms with van der Waals surface area (Å²) in [6.07, 6.45) is 0.171. The highest BCUT2D eigenvalue weighted by molar-refractivity contribution is 6.19. The summed E-state index contributed by atoms with van der Waals surface area (Å²) in [7, 11) is 0. The maximum Gasteiger partial charge on any atom is 0.324 e. The molecular formula is C12H23ClN2O2. The van der Waals surface area contributed by atoms with Gasteiger partial charge >= 0.3 is 6.03 Å². The molecule has 100 valence electrons. The van der Waals surface area contributed by atoms with Crippen LogP contribution in [0.4, 0.5) is 4.79 Å². The summed E-state index contributed by atoms with van der Waals surface area (Å²) in [4.78, 5) is 24.8. The van der Waals surface area contributed by atoms with Gasteiger partial charge < -0.3 is 4.90 Å². The minimum absolute atomic E-state index is 0.171. The largest absolute Gasteiger partial charge is 0.324 e. The number of hydrogen-bond donors (Lipinski definition) is 1. The van der Waals surface area contributed by atoms with Crippen LogP contribution in [0.3, 0.4) is 0 Å². The van der Waals surface area contributed by atoms with Crippen LogP contribution in [0.5, 0.6) is 0 Å². The molecule has 0 rings (SSSR count). The molecule has 0 atom stereocenters. The Balaban J connectivity index is 4.36. The molecule has 4 nitrogen and oxygen atoms in total. The van der Waals surface area contributed by atoms with Gasteiger partial charge in [-0.15, -0.1) is 11.6 Å². The monoisotopic (exact) mass is 262 g/mol. The quantitative estimate of drug-likeness (QED) is 0.748. The minimum Gasteiger partial charge on any atom is -0.324 e. The molecule has 1 N–H and O–H groups in total. The van der Waals surface area contributed by atoms with E-state index in [0.29, 0.717) is 24.9 Å². The minimum atomic E-state index is -0.317. The Labute approximate surface area is 109 Å². The number of hydrogen-bond acceptors (Lipinski definition) is 2. The first-order valence-electron chi connectivity index (χ1n) is 6.01. The summed E-state index contributed by atoms with van der Waals surface area (Å²) in [5, 5.41) is 2.36. The highest BCUT2D eigenvalue weighted by atomic mass is 35.5. The van der Waals surface area contributed by atoms with Crippen LogP contribution in [-0.4, -0.2) is 35.8 Å². The first-order chi connectivity index (χ1) is 7.86. The van der Waals surface area contributed by atoms with Crippen molar-refractivity contribution in [1.29, 1.82) is 0 Å². The van der Waals surface area contributed by atoms with Crippen molar-refractivity contribution in [1.82, 2.24) is 10.2 Å². The third-order valence-electron chi connectivity index (χ3n) is 2.03. The molecule has 17 heavy (non-hydrogen) atoms. The van der Waals surface area contributed by atoms with E-state index in [-0.39, 0.29) is 24.2 Å². The van der Waals surface area contributed by atoms with Crippen LogP contribution >= 0.6 is 11.6 Å². The van der Waals surface area contributed by atoms with Crippen LogP contribution in [0.1, 0.15) is 34.1 Å². The van der Waals surface area contributed by atoms with E-state index in [1.54, 1.807) is 4.90 Å². The van der Waals surface area contributed by atoms with E-state index in [4.69, 9.17) is 11.6 Å². The Kier molecular flexibility index (Phi) is 7.96. The normalized spacial score (nSPS) is 10.8. The maximum absolute atomic E-state index is 11.9. The third kappa shape index (κ3) is 8.02. The van der Waals surface area contributed by atoms with Gasteiger partial charge in [-0.3, -0.25) is 10.1 Å². The number of carbonyl (C=O) groups excluding carboxylic acids is 2. The number of imide groups is 1. The molecule has 0 aromatic carbocycles. The van der Waals surface area contributed by atoms with Crippen LogP contribution in [0.15, 0.2) is 0 Å². The first kappa shape index (κ1) is 16.2. The molecule has 0 unspecified atom stereocenters. The Hall–Kier alpha value is -0.770. The number of carbonyl (C=O) groups is 2. The highest BCUT2D eigenvalue weighted by Gasteiger charge is 2.17. The topological polar surface area (TPSA) is 49.4 Å². The number of amides is 3. The van der Waals surface area contributed by atoms with Crippen LogP contribution in [0.25, 0.3) is 0 Å². The second-order valence-corrected chi connectivity index (χ2v) is 5.36. The zero-order chi connectivity index (χ0) is 13.4. The molecular weight excluding hydrogens is 240 g/mol. The van der Waals surface area contributed by atoms with Gasteiger partial charge in [0.2, 0.25) is 5.91 Å². The highest BCUT2D eigenvalue weighted by Crippen LogP contribution is 2.04. The zero-order valence-electron chi connectivity index (χ0n) is 11.1. The fourth-order valence-electron chi connectivity index (χ4n) is 1.47. The average molecular weight is 263 g/mol. The van der Waals surface area contributed by atoms with Gasteiger partial charge in [0.25, 0.3) is 0 Å². The van der Waals surface area contributed by atoms with Gasteiger partial charge in [-0.05, 0) is 11.8 Å². The Morgan fingerprint density at radius 3 is 1.94 bits per heavy atom. The lowest BCUT2D eigenvalue weighted by Crippen LogP contribution is -2.45.